The predicted molar refractivity (Wildman–Crippen MR) is 48.3 cm³/mol. The van der Waals surface area contributed by atoms with Gasteiger partial charge in [0.05, 0.1) is 6.73 Å². The first kappa shape index (κ1) is 11.9. The Balaban J connectivity index is 2.82. The Labute approximate surface area is 74.1 Å². The van der Waals surface area contributed by atoms with Crippen molar-refractivity contribution >= 4 is 7.32 Å². The molecule has 0 unspecified atom stereocenters. The zero-order valence-electron chi connectivity index (χ0n) is 7.62. The maximum atomic E-state index is 8.29. The monoisotopic (exact) mass is 175 g/mol. The fourth-order valence-electron chi connectivity index (χ4n) is 0.882. The number of rotatable bonds is 8. The third-order valence-electron chi connectivity index (χ3n) is 1.54. The molecule has 0 aromatic heterocycles. The lowest BCUT2D eigenvalue weighted by molar-refractivity contribution is 0.171. The van der Waals surface area contributed by atoms with Crippen LogP contribution in [0.25, 0.3) is 0 Å². The highest BCUT2D eigenvalue weighted by Crippen LogP contribution is 1.96. The van der Waals surface area contributed by atoms with Crippen molar-refractivity contribution in [2.75, 3.05) is 13.3 Å². The molecule has 0 spiro atoms. The summed E-state index contributed by atoms with van der Waals surface area (Å²) >= 11 is 0. The Bertz CT molecular complexity index is 92.7. The minimum atomic E-state index is -1.66. The number of hydrogen-bond acceptors (Lipinski definition) is 4. The summed E-state index contributed by atoms with van der Waals surface area (Å²) < 4.78 is 4.45. The van der Waals surface area contributed by atoms with Gasteiger partial charge >= 0.3 is 7.32 Å². The van der Waals surface area contributed by atoms with Crippen LogP contribution in [0.3, 0.4) is 0 Å². The Morgan fingerprint density at radius 1 is 1.25 bits per heavy atom. The topological polar surface area (TPSA) is 61.7 Å². The molecule has 12 heavy (non-hydrogen) atoms. The van der Waals surface area contributed by atoms with Gasteiger partial charge in [0.15, 0.2) is 0 Å². The molecule has 0 rings (SSSR count). The summed E-state index contributed by atoms with van der Waals surface area (Å²) in [5, 5.41) is 19.5. The summed E-state index contributed by atoms with van der Waals surface area (Å²) in [5.41, 5.74) is 0. The second kappa shape index (κ2) is 9.00. The first-order valence-electron chi connectivity index (χ1n) is 4.45. The molecule has 0 fully saturated rings. The van der Waals surface area contributed by atoms with Gasteiger partial charge in [0.25, 0.3) is 0 Å². The summed E-state index contributed by atoms with van der Waals surface area (Å²) in [6, 6.07) is 0. The molecule has 0 aromatic carbocycles. The third kappa shape index (κ3) is 9.90. The van der Waals surface area contributed by atoms with Crippen LogP contribution >= 0.6 is 0 Å². The van der Waals surface area contributed by atoms with Gasteiger partial charge in [-0.3, -0.25) is 5.32 Å². The molecule has 0 saturated heterocycles. The van der Waals surface area contributed by atoms with Crippen molar-refractivity contribution in [3.05, 3.63) is 0 Å². The summed E-state index contributed by atoms with van der Waals surface area (Å²) in [6.45, 7) is 3.23. The van der Waals surface area contributed by atoms with Crippen LogP contribution in [0.4, 0.5) is 0 Å². The summed E-state index contributed by atoms with van der Waals surface area (Å²) in [7, 11) is -1.66. The standard InChI is InChI=1S/C7H18BNO3/c1-2-3-4-5-6-9-7-12-8(10)11/h9-11H,2-7H2,1H3. The Kier molecular flexibility index (Phi) is 8.93. The summed E-state index contributed by atoms with van der Waals surface area (Å²) in [5.74, 6) is 0. The Hall–Kier alpha value is -0.0951. The molecule has 3 N–H and O–H groups in total. The molecule has 0 atom stereocenters. The lowest BCUT2D eigenvalue weighted by Gasteiger charge is -2.04. The fraction of sp³-hybridized carbons (Fsp3) is 1.00. The quantitative estimate of drug-likeness (QED) is 0.278. The second-order valence-corrected chi connectivity index (χ2v) is 2.70. The molecule has 72 valence electrons. The van der Waals surface area contributed by atoms with Crippen LogP contribution < -0.4 is 5.32 Å². The van der Waals surface area contributed by atoms with Gasteiger partial charge < -0.3 is 14.7 Å². The van der Waals surface area contributed by atoms with Crippen molar-refractivity contribution in [1.29, 1.82) is 0 Å². The van der Waals surface area contributed by atoms with Gasteiger partial charge in [0.2, 0.25) is 0 Å². The SMILES string of the molecule is CCCCCCNCOB(O)O. The van der Waals surface area contributed by atoms with E-state index in [0.717, 1.165) is 13.0 Å². The molecule has 4 nitrogen and oxygen atoms in total. The minimum Gasteiger partial charge on any atom is -0.402 e. The Morgan fingerprint density at radius 3 is 2.58 bits per heavy atom. The van der Waals surface area contributed by atoms with E-state index in [1.807, 2.05) is 0 Å². The first-order valence-corrected chi connectivity index (χ1v) is 4.45. The molecule has 0 amide bonds. The van der Waals surface area contributed by atoms with E-state index in [-0.39, 0.29) is 6.73 Å². The van der Waals surface area contributed by atoms with Crippen molar-refractivity contribution in [2.24, 2.45) is 0 Å². The van der Waals surface area contributed by atoms with Gasteiger partial charge in [-0.1, -0.05) is 26.2 Å². The van der Waals surface area contributed by atoms with E-state index >= 15 is 0 Å². The van der Waals surface area contributed by atoms with Crippen molar-refractivity contribution in [1.82, 2.24) is 5.32 Å². The molecule has 0 bridgehead atoms. The van der Waals surface area contributed by atoms with Crippen LogP contribution in [0.2, 0.25) is 0 Å². The van der Waals surface area contributed by atoms with Crippen LogP contribution in [0.15, 0.2) is 0 Å². The largest absolute Gasteiger partial charge is 0.634 e. The van der Waals surface area contributed by atoms with E-state index in [9.17, 15) is 0 Å². The first-order chi connectivity index (χ1) is 5.77. The van der Waals surface area contributed by atoms with Crippen molar-refractivity contribution in [3.63, 3.8) is 0 Å². The van der Waals surface area contributed by atoms with E-state index in [4.69, 9.17) is 10.0 Å². The molecule has 0 aliphatic rings. The normalized spacial score (nSPS) is 10.2. The summed E-state index contributed by atoms with van der Waals surface area (Å²) in [6.07, 6.45) is 4.81. The number of nitrogens with one attached hydrogen (secondary N) is 1. The van der Waals surface area contributed by atoms with Crippen LogP contribution in [0.5, 0.6) is 0 Å². The fourth-order valence-corrected chi connectivity index (χ4v) is 0.882. The van der Waals surface area contributed by atoms with E-state index < -0.39 is 7.32 Å². The van der Waals surface area contributed by atoms with Crippen LogP contribution in [-0.2, 0) is 4.65 Å². The predicted octanol–water partition coefficient (Wildman–Crippen LogP) is 0.0999. The number of hydrogen-bond donors (Lipinski definition) is 3. The molecule has 0 aliphatic carbocycles. The smallest absolute Gasteiger partial charge is 0.402 e. The second-order valence-electron chi connectivity index (χ2n) is 2.70. The third-order valence-corrected chi connectivity index (χ3v) is 1.54. The molecular weight excluding hydrogens is 157 g/mol. The average Bonchev–Trinajstić information content (AvgIpc) is 2.02. The summed E-state index contributed by atoms with van der Waals surface area (Å²) in [4.78, 5) is 0. The Morgan fingerprint density at radius 2 is 2.00 bits per heavy atom. The molecule has 0 radical (unpaired) electrons. The van der Waals surface area contributed by atoms with E-state index in [1.165, 1.54) is 19.3 Å². The van der Waals surface area contributed by atoms with Gasteiger partial charge in [-0.05, 0) is 13.0 Å². The van der Waals surface area contributed by atoms with E-state index in [1.54, 1.807) is 0 Å². The zero-order valence-corrected chi connectivity index (χ0v) is 7.62. The minimum absolute atomic E-state index is 0.198. The van der Waals surface area contributed by atoms with Crippen molar-refractivity contribution < 1.29 is 14.7 Å². The lowest BCUT2D eigenvalue weighted by atomic mass is 10.2. The molecule has 0 aliphatic heterocycles. The van der Waals surface area contributed by atoms with Crippen LogP contribution in [-0.4, -0.2) is 30.6 Å². The van der Waals surface area contributed by atoms with Gasteiger partial charge in [-0.25, -0.2) is 0 Å². The maximum absolute atomic E-state index is 8.29. The molecule has 0 saturated carbocycles. The van der Waals surface area contributed by atoms with Crippen LogP contribution in [0, 0.1) is 0 Å². The van der Waals surface area contributed by atoms with Crippen molar-refractivity contribution in [3.8, 4) is 0 Å². The highest BCUT2D eigenvalue weighted by Gasteiger charge is 2.05. The van der Waals surface area contributed by atoms with Gasteiger partial charge in [-0.2, -0.15) is 0 Å². The van der Waals surface area contributed by atoms with E-state index in [2.05, 4.69) is 16.9 Å². The lowest BCUT2D eigenvalue weighted by Crippen LogP contribution is -2.26. The van der Waals surface area contributed by atoms with Crippen molar-refractivity contribution in [2.45, 2.75) is 32.6 Å². The van der Waals surface area contributed by atoms with Gasteiger partial charge in [0, 0.05) is 0 Å². The van der Waals surface area contributed by atoms with E-state index in [0.29, 0.717) is 0 Å². The number of unbranched alkanes of at least 4 members (excludes halogenated alkanes) is 3. The van der Waals surface area contributed by atoms with Gasteiger partial charge in [-0.15, -0.1) is 0 Å². The molecule has 5 heteroatoms. The van der Waals surface area contributed by atoms with Crippen LogP contribution in [0.1, 0.15) is 32.6 Å². The molecular formula is C7H18BNO3. The maximum Gasteiger partial charge on any atom is 0.634 e. The molecule has 0 aromatic rings. The highest BCUT2D eigenvalue weighted by atomic mass is 16.6. The zero-order chi connectivity index (χ0) is 9.23. The van der Waals surface area contributed by atoms with Gasteiger partial charge in [0.1, 0.15) is 0 Å². The molecule has 0 heterocycles. The average molecular weight is 175 g/mol. The highest BCUT2D eigenvalue weighted by molar-refractivity contribution is 6.32.